The predicted molar refractivity (Wildman–Crippen MR) is 128 cm³/mol. The number of amides is 2. The Morgan fingerprint density at radius 1 is 0.941 bits per heavy atom. The standard InChI is InChI=1S/C25H16Cl2N2O5/c1-14-12-17(26)6-11-20(14)29-23(31)21(27)22(24(29)32)28-18-7-4-16(5-8-18)25(33)34-19-9-2-15(13-30)3-10-19/h2-13,28H,1H3. The average molecular weight is 495 g/mol. The number of carbonyl (C=O) groups excluding carboxylic acids is 4. The fraction of sp³-hybridized carbons (Fsp3) is 0.0400. The van der Waals surface area contributed by atoms with E-state index in [1.165, 1.54) is 36.4 Å². The van der Waals surface area contributed by atoms with Crippen molar-refractivity contribution in [2.75, 3.05) is 10.2 Å². The van der Waals surface area contributed by atoms with Crippen LogP contribution in [0.25, 0.3) is 0 Å². The van der Waals surface area contributed by atoms with Gasteiger partial charge >= 0.3 is 5.97 Å². The summed E-state index contributed by atoms with van der Waals surface area (Å²) in [5, 5.41) is 3.09. The highest BCUT2D eigenvalue weighted by Crippen LogP contribution is 2.33. The molecule has 9 heteroatoms. The summed E-state index contributed by atoms with van der Waals surface area (Å²) in [4.78, 5) is 49.7. The van der Waals surface area contributed by atoms with E-state index in [0.717, 1.165) is 4.90 Å². The lowest BCUT2D eigenvalue weighted by atomic mass is 10.2. The van der Waals surface area contributed by atoms with Crippen molar-refractivity contribution in [2.45, 2.75) is 6.92 Å². The van der Waals surface area contributed by atoms with Crippen molar-refractivity contribution in [3.8, 4) is 5.75 Å². The van der Waals surface area contributed by atoms with Gasteiger partial charge in [-0.2, -0.15) is 0 Å². The number of imide groups is 1. The summed E-state index contributed by atoms with van der Waals surface area (Å²) >= 11 is 12.1. The van der Waals surface area contributed by atoms with Crippen molar-refractivity contribution in [3.63, 3.8) is 0 Å². The van der Waals surface area contributed by atoms with Gasteiger partial charge in [0.25, 0.3) is 11.8 Å². The van der Waals surface area contributed by atoms with Gasteiger partial charge in [-0.1, -0.05) is 23.2 Å². The zero-order valence-corrected chi connectivity index (χ0v) is 19.2. The fourth-order valence-electron chi connectivity index (χ4n) is 3.31. The molecular formula is C25H16Cl2N2O5. The smallest absolute Gasteiger partial charge is 0.343 e. The van der Waals surface area contributed by atoms with Crippen LogP contribution < -0.4 is 15.0 Å². The quantitative estimate of drug-likeness (QED) is 0.221. The molecule has 3 aromatic carbocycles. The Labute approximate surface area is 204 Å². The van der Waals surface area contributed by atoms with E-state index >= 15 is 0 Å². The molecule has 4 rings (SSSR count). The van der Waals surface area contributed by atoms with Crippen LogP contribution in [-0.4, -0.2) is 24.1 Å². The minimum absolute atomic E-state index is 0.0772. The van der Waals surface area contributed by atoms with Gasteiger partial charge in [0.05, 0.1) is 11.3 Å². The highest BCUT2D eigenvalue weighted by atomic mass is 35.5. The minimum atomic E-state index is -0.652. The summed E-state index contributed by atoms with van der Waals surface area (Å²) in [5.74, 6) is -1.57. The molecular weight excluding hydrogens is 479 g/mol. The van der Waals surface area contributed by atoms with Gasteiger partial charge in [-0.25, -0.2) is 9.69 Å². The Kier molecular flexibility index (Phi) is 6.49. The molecule has 34 heavy (non-hydrogen) atoms. The molecule has 170 valence electrons. The number of hydrogen-bond acceptors (Lipinski definition) is 6. The third kappa shape index (κ3) is 4.57. The number of hydrogen-bond donors (Lipinski definition) is 1. The molecule has 0 saturated heterocycles. The second-order valence-electron chi connectivity index (χ2n) is 7.34. The lowest BCUT2D eigenvalue weighted by Crippen LogP contribution is -2.32. The number of halogens is 2. The maximum atomic E-state index is 13.0. The Hall–Kier alpha value is -3.94. The van der Waals surface area contributed by atoms with Crippen molar-refractivity contribution >= 4 is 58.6 Å². The van der Waals surface area contributed by atoms with Gasteiger partial charge in [0.1, 0.15) is 22.8 Å². The molecule has 1 aliphatic rings. The number of aryl methyl sites for hydroxylation is 1. The third-order valence-corrected chi connectivity index (χ3v) is 5.63. The van der Waals surface area contributed by atoms with E-state index in [1.54, 1.807) is 37.3 Å². The Bertz CT molecular complexity index is 1350. The average Bonchev–Trinajstić information content (AvgIpc) is 3.03. The number of nitrogens with one attached hydrogen (secondary N) is 1. The van der Waals surface area contributed by atoms with E-state index in [9.17, 15) is 19.2 Å². The van der Waals surface area contributed by atoms with Crippen LogP contribution in [-0.2, 0) is 9.59 Å². The van der Waals surface area contributed by atoms with E-state index in [4.69, 9.17) is 27.9 Å². The number of nitrogens with zero attached hydrogens (tertiary/aromatic N) is 1. The Morgan fingerprint density at radius 3 is 2.24 bits per heavy atom. The molecule has 1 heterocycles. The first-order chi connectivity index (χ1) is 16.3. The fourth-order valence-corrected chi connectivity index (χ4v) is 3.75. The van der Waals surface area contributed by atoms with Gasteiger partial charge in [-0.3, -0.25) is 14.4 Å². The van der Waals surface area contributed by atoms with E-state index in [0.29, 0.717) is 39.6 Å². The SMILES string of the molecule is Cc1cc(Cl)ccc1N1C(=O)C(Cl)=C(Nc2ccc(C(=O)Oc3ccc(C=O)cc3)cc2)C1=O. The topological polar surface area (TPSA) is 92.8 Å². The van der Waals surface area contributed by atoms with Gasteiger partial charge < -0.3 is 10.1 Å². The largest absolute Gasteiger partial charge is 0.423 e. The number of ether oxygens (including phenoxy) is 1. The van der Waals surface area contributed by atoms with E-state index in [-0.39, 0.29) is 16.3 Å². The van der Waals surface area contributed by atoms with Crippen molar-refractivity contribution in [3.05, 3.63) is 99.2 Å². The van der Waals surface area contributed by atoms with Crippen LogP contribution in [0.4, 0.5) is 11.4 Å². The second kappa shape index (κ2) is 9.51. The van der Waals surface area contributed by atoms with Gasteiger partial charge in [0.2, 0.25) is 0 Å². The van der Waals surface area contributed by atoms with Crippen molar-refractivity contribution in [1.29, 1.82) is 0 Å². The molecule has 0 atom stereocenters. The van der Waals surface area contributed by atoms with Gasteiger partial charge in [-0.15, -0.1) is 0 Å². The van der Waals surface area contributed by atoms with Crippen molar-refractivity contribution < 1.29 is 23.9 Å². The highest BCUT2D eigenvalue weighted by molar-refractivity contribution is 6.53. The molecule has 1 aliphatic heterocycles. The van der Waals surface area contributed by atoms with Crippen LogP contribution in [0.1, 0.15) is 26.3 Å². The summed E-state index contributed by atoms with van der Waals surface area (Å²) in [6.07, 6.45) is 0.692. The predicted octanol–water partition coefficient (Wildman–Crippen LogP) is 5.12. The lowest BCUT2D eigenvalue weighted by Gasteiger charge is -2.17. The first-order valence-corrected chi connectivity index (χ1v) is 10.7. The summed E-state index contributed by atoms with van der Waals surface area (Å²) in [6, 6.07) is 17.0. The van der Waals surface area contributed by atoms with Gasteiger partial charge in [0, 0.05) is 16.3 Å². The Balaban J connectivity index is 1.48. The zero-order chi connectivity index (χ0) is 24.4. The third-order valence-electron chi connectivity index (χ3n) is 5.04. The van der Waals surface area contributed by atoms with Crippen LogP contribution >= 0.6 is 23.2 Å². The number of aldehydes is 1. The summed E-state index contributed by atoms with van der Waals surface area (Å²) in [5.41, 5.74) is 2.12. The normalized spacial score (nSPS) is 13.3. The number of anilines is 2. The molecule has 0 saturated carbocycles. The molecule has 0 radical (unpaired) electrons. The molecule has 0 spiro atoms. The monoisotopic (exact) mass is 494 g/mol. The summed E-state index contributed by atoms with van der Waals surface area (Å²) in [6.45, 7) is 1.73. The second-order valence-corrected chi connectivity index (χ2v) is 8.16. The number of benzene rings is 3. The number of esters is 1. The number of rotatable bonds is 6. The van der Waals surface area contributed by atoms with Crippen LogP contribution in [0.5, 0.6) is 5.75 Å². The molecule has 0 fully saturated rings. The maximum Gasteiger partial charge on any atom is 0.343 e. The molecule has 0 bridgehead atoms. The Morgan fingerprint density at radius 2 is 1.62 bits per heavy atom. The first kappa shape index (κ1) is 23.2. The number of carbonyl (C=O) groups is 4. The summed E-state index contributed by atoms with van der Waals surface area (Å²) in [7, 11) is 0. The van der Waals surface area contributed by atoms with Crippen molar-refractivity contribution in [1.82, 2.24) is 0 Å². The zero-order valence-electron chi connectivity index (χ0n) is 17.7. The maximum absolute atomic E-state index is 13.0. The molecule has 2 amide bonds. The lowest BCUT2D eigenvalue weighted by molar-refractivity contribution is -0.120. The molecule has 7 nitrogen and oxygen atoms in total. The first-order valence-electron chi connectivity index (χ1n) is 9.97. The van der Waals surface area contributed by atoms with Gasteiger partial charge in [0.15, 0.2) is 0 Å². The molecule has 3 aromatic rings. The minimum Gasteiger partial charge on any atom is -0.423 e. The van der Waals surface area contributed by atoms with Crippen LogP contribution in [0.2, 0.25) is 5.02 Å². The molecule has 0 aromatic heterocycles. The van der Waals surface area contributed by atoms with E-state index in [1.807, 2.05) is 0 Å². The summed E-state index contributed by atoms with van der Waals surface area (Å²) < 4.78 is 5.28. The van der Waals surface area contributed by atoms with Gasteiger partial charge in [-0.05, 0) is 79.2 Å². The highest BCUT2D eigenvalue weighted by Gasteiger charge is 2.39. The molecule has 1 N–H and O–H groups in total. The van der Waals surface area contributed by atoms with E-state index < -0.39 is 17.8 Å². The van der Waals surface area contributed by atoms with Crippen LogP contribution in [0.3, 0.4) is 0 Å². The van der Waals surface area contributed by atoms with Crippen molar-refractivity contribution in [2.24, 2.45) is 0 Å². The molecule has 0 aliphatic carbocycles. The van der Waals surface area contributed by atoms with Crippen LogP contribution in [0.15, 0.2) is 77.5 Å². The molecule has 0 unspecified atom stereocenters. The van der Waals surface area contributed by atoms with E-state index in [2.05, 4.69) is 5.32 Å². The van der Waals surface area contributed by atoms with Crippen LogP contribution in [0, 0.1) is 6.92 Å².